The molecule has 0 N–H and O–H groups in total. The van der Waals surface area contributed by atoms with Crippen molar-refractivity contribution >= 4 is 11.5 Å². The first-order chi connectivity index (χ1) is 11.9. The summed E-state index contributed by atoms with van der Waals surface area (Å²) in [6.07, 6.45) is -12.2. The predicted molar refractivity (Wildman–Crippen MR) is 82.6 cm³/mol. The Morgan fingerprint density at radius 1 is 1.00 bits per heavy atom. The zero-order valence-corrected chi connectivity index (χ0v) is 14.8. The van der Waals surface area contributed by atoms with E-state index in [1.54, 1.807) is 6.92 Å². The van der Waals surface area contributed by atoms with Crippen LogP contribution in [0.5, 0.6) is 0 Å². The molecule has 2 aromatic rings. The van der Waals surface area contributed by atoms with E-state index in [4.69, 9.17) is 0 Å². The standard InChI is InChI=1S/C16H14F7N2S/c1-4-9-6-10(5-2)12(13-8(3)24-25-26-13)11(7-9)14(17,15(18,19)20)16(21,22)23/h7H,4-5H2,1-3H3. The minimum absolute atomic E-state index is 0.0359. The van der Waals surface area contributed by atoms with Crippen LogP contribution in [0.25, 0.3) is 10.4 Å². The van der Waals surface area contributed by atoms with E-state index in [0.29, 0.717) is 17.6 Å². The lowest BCUT2D eigenvalue weighted by molar-refractivity contribution is -0.348. The molecule has 0 aliphatic heterocycles. The second kappa shape index (κ2) is 6.79. The number of aromatic nitrogens is 2. The van der Waals surface area contributed by atoms with Crippen molar-refractivity contribution in [3.05, 3.63) is 34.5 Å². The minimum Gasteiger partial charge on any atom is -0.218 e. The summed E-state index contributed by atoms with van der Waals surface area (Å²) in [5, 5.41) is 3.63. The summed E-state index contributed by atoms with van der Waals surface area (Å²) in [4.78, 5) is -0.0359. The number of rotatable bonds is 4. The molecule has 0 aliphatic rings. The Kier molecular flexibility index (Phi) is 5.38. The first-order valence-corrected chi connectivity index (χ1v) is 8.36. The smallest absolute Gasteiger partial charge is 0.218 e. The van der Waals surface area contributed by atoms with Gasteiger partial charge in [-0.2, -0.15) is 26.3 Å². The summed E-state index contributed by atoms with van der Waals surface area (Å²) in [6, 6.07) is 3.38. The number of halogens is 7. The highest BCUT2D eigenvalue weighted by atomic mass is 32.1. The van der Waals surface area contributed by atoms with Crippen LogP contribution in [-0.4, -0.2) is 21.9 Å². The topological polar surface area (TPSA) is 25.8 Å². The van der Waals surface area contributed by atoms with Crippen molar-refractivity contribution in [3.63, 3.8) is 0 Å². The first kappa shape index (κ1) is 20.6. The van der Waals surface area contributed by atoms with Crippen molar-refractivity contribution in [1.29, 1.82) is 0 Å². The summed E-state index contributed by atoms with van der Waals surface area (Å²) >= 11 is 0.615. The van der Waals surface area contributed by atoms with Gasteiger partial charge in [0.2, 0.25) is 0 Å². The Labute approximate surface area is 149 Å². The molecule has 0 saturated heterocycles. The fourth-order valence-electron chi connectivity index (χ4n) is 2.61. The molecule has 0 spiro atoms. The third-order valence-electron chi connectivity index (χ3n) is 3.97. The van der Waals surface area contributed by atoms with Gasteiger partial charge < -0.3 is 0 Å². The van der Waals surface area contributed by atoms with Crippen molar-refractivity contribution in [2.45, 2.75) is 51.6 Å². The maximum Gasteiger partial charge on any atom is 0.435 e. The van der Waals surface area contributed by atoms with Gasteiger partial charge in [0, 0.05) is 11.1 Å². The van der Waals surface area contributed by atoms with E-state index in [-0.39, 0.29) is 34.5 Å². The molecule has 10 heteroatoms. The number of nitrogens with zero attached hydrogens (tertiary/aromatic N) is 2. The maximum absolute atomic E-state index is 14.9. The van der Waals surface area contributed by atoms with Crippen LogP contribution in [0.2, 0.25) is 0 Å². The fraction of sp³-hybridized carbons (Fsp3) is 0.500. The Morgan fingerprint density at radius 3 is 1.96 bits per heavy atom. The molecule has 0 unspecified atom stereocenters. The molecule has 0 amide bonds. The fourth-order valence-corrected chi connectivity index (χ4v) is 3.36. The van der Waals surface area contributed by atoms with E-state index in [2.05, 4.69) is 15.7 Å². The van der Waals surface area contributed by atoms with E-state index in [9.17, 15) is 30.7 Å². The zero-order valence-electron chi connectivity index (χ0n) is 13.9. The highest BCUT2D eigenvalue weighted by Gasteiger charge is 2.74. The van der Waals surface area contributed by atoms with Crippen molar-refractivity contribution in [1.82, 2.24) is 9.59 Å². The van der Waals surface area contributed by atoms with Crippen LogP contribution in [0.4, 0.5) is 30.7 Å². The highest BCUT2D eigenvalue weighted by Crippen LogP contribution is 2.56. The normalized spacial score (nSPS) is 13.3. The molecule has 0 aliphatic carbocycles. The quantitative estimate of drug-likeness (QED) is 0.614. The molecule has 0 fully saturated rings. The van der Waals surface area contributed by atoms with Crippen molar-refractivity contribution in [2.24, 2.45) is 0 Å². The number of benzene rings is 1. The molecular weight excluding hydrogens is 385 g/mol. The molecule has 2 nitrogen and oxygen atoms in total. The van der Waals surface area contributed by atoms with Gasteiger partial charge in [0.1, 0.15) is 0 Å². The second-order valence-electron chi connectivity index (χ2n) is 5.61. The molecular formula is C16H14F7N2S. The van der Waals surface area contributed by atoms with Crippen LogP contribution in [0.3, 0.4) is 0 Å². The van der Waals surface area contributed by atoms with E-state index >= 15 is 0 Å². The Morgan fingerprint density at radius 2 is 1.58 bits per heavy atom. The SMILES string of the molecule is CCc1[c]c(CC)c(-c2snnc2C)c(C(F)(C(F)(F)F)C(F)(F)F)c1. The summed E-state index contributed by atoms with van der Waals surface area (Å²) in [5.41, 5.74) is -7.26. The van der Waals surface area contributed by atoms with E-state index in [1.807, 2.05) is 0 Å². The molecule has 0 saturated carbocycles. The third-order valence-corrected chi connectivity index (χ3v) is 4.81. The van der Waals surface area contributed by atoms with Crippen LogP contribution in [0.1, 0.15) is 36.2 Å². The molecule has 26 heavy (non-hydrogen) atoms. The predicted octanol–water partition coefficient (Wildman–Crippen LogP) is 5.73. The van der Waals surface area contributed by atoms with Gasteiger partial charge in [-0.3, -0.25) is 0 Å². The average Bonchev–Trinajstić information content (AvgIpc) is 2.96. The lowest BCUT2D eigenvalue weighted by Gasteiger charge is -2.32. The van der Waals surface area contributed by atoms with E-state index in [1.165, 1.54) is 13.8 Å². The molecule has 0 bridgehead atoms. The monoisotopic (exact) mass is 399 g/mol. The molecule has 1 radical (unpaired) electrons. The van der Waals surface area contributed by atoms with Crippen molar-refractivity contribution < 1.29 is 30.7 Å². The molecule has 1 aromatic heterocycles. The van der Waals surface area contributed by atoms with Crippen molar-refractivity contribution in [2.75, 3.05) is 0 Å². The van der Waals surface area contributed by atoms with Gasteiger partial charge in [-0.15, -0.1) is 5.10 Å². The van der Waals surface area contributed by atoms with Crippen molar-refractivity contribution in [3.8, 4) is 10.4 Å². The molecule has 1 heterocycles. The van der Waals surface area contributed by atoms with Crippen LogP contribution in [0.15, 0.2) is 6.07 Å². The number of aryl methyl sites for hydroxylation is 3. The summed E-state index contributed by atoms with van der Waals surface area (Å²) < 4.78 is 98.5. The molecule has 0 atom stereocenters. The lowest BCUT2D eigenvalue weighted by atomic mass is 9.84. The number of hydrogen-bond acceptors (Lipinski definition) is 3. The van der Waals surface area contributed by atoms with Gasteiger partial charge >= 0.3 is 18.0 Å². The van der Waals surface area contributed by atoms with Crippen LogP contribution in [0, 0.1) is 13.0 Å². The molecule has 2 rings (SSSR count). The Bertz CT molecular complexity index is 779. The molecule has 143 valence electrons. The Hall–Kier alpha value is -1.71. The van der Waals surface area contributed by atoms with E-state index < -0.39 is 29.1 Å². The van der Waals surface area contributed by atoms with Gasteiger partial charge in [0.25, 0.3) is 0 Å². The number of alkyl halides is 7. The second-order valence-corrected chi connectivity index (χ2v) is 6.36. The Balaban J connectivity index is 3.00. The van der Waals surface area contributed by atoms with Gasteiger partial charge in [-0.05, 0) is 48.5 Å². The van der Waals surface area contributed by atoms with Gasteiger partial charge in [-0.1, -0.05) is 24.4 Å². The van der Waals surface area contributed by atoms with E-state index in [0.717, 1.165) is 0 Å². The summed E-state index contributed by atoms with van der Waals surface area (Å²) in [7, 11) is 0. The minimum atomic E-state index is -6.19. The van der Waals surface area contributed by atoms with Crippen LogP contribution < -0.4 is 0 Å². The maximum atomic E-state index is 14.9. The lowest BCUT2D eigenvalue weighted by Crippen LogP contribution is -2.50. The third kappa shape index (κ3) is 3.19. The van der Waals surface area contributed by atoms with Crippen LogP contribution >= 0.6 is 11.5 Å². The van der Waals surface area contributed by atoms with Gasteiger partial charge in [0.15, 0.2) is 0 Å². The number of hydrogen-bond donors (Lipinski definition) is 0. The summed E-state index contributed by atoms with van der Waals surface area (Å²) in [6.45, 7) is 4.47. The summed E-state index contributed by atoms with van der Waals surface area (Å²) in [5.74, 6) is 0. The van der Waals surface area contributed by atoms with Gasteiger partial charge in [-0.25, -0.2) is 4.39 Å². The highest BCUT2D eigenvalue weighted by molar-refractivity contribution is 7.09. The average molecular weight is 399 g/mol. The first-order valence-electron chi connectivity index (χ1n) is 7.58. The van der Waals surface area contributed by atoms with Gasteiger partial charge in [0.05, 0.1) is 10.6 Å². The molecule has 1 aromatic carbocycles. The van der Waals surface area contributed by atoms with Crippen LogP contribution in [-0.2, 0) is 18.5 Å². The zero-order chi connectivity index (χ0) is 19.9. The largest absolute Gasteiger partial charge is 0.435 e.